The van der Waals surface area contributed by atoms with E-state index in [1.165, 1.54) is 0 Å². The largest absolute Gasteiger partial charge is 0.369 e. The predicted octanol–water partition coefficient (Wildman–Crippen LogP) is 1.74. The highest BCUT2D eigenvalue weighted by molar-refractivity contribution is 14.1. The minimum absolute atomic E-state index is 0.284. The molecule has 1 aromatic rings. The predicted molar refractivity (Wildman–Crippen MR) is 86.5 cm³/mol. The van der Waals surface area contributed by atoms with Crippen molar-refractivity contribution in [3.63, 3.8) is 0 Å². The molecule has 106 valence electrons. The summed E-state index contributed by atoms with van der Waals surface area (Å²) in [5.74, 6) is 1.90. The fraction of sp³-hybridized carbons (Fsp3) is 0.692. The molecule has 1 fully saturated rings. The van der Waals surface area contributed by atoms with Crippen LogP contribution in [0.1, 0.15) is 24.5 Å². The molecule has 1 atom stereocenters. The fourth-order valence-electron chi connectivity index (χ4n) is 2.30. The van der Waals surface area contributed by atoms with Gasteiger partial charge in [0.25, 0.3) is 0 Å². The number of piperazine rings is 1. The molecule has 1 unspecified atom stereocenters. The van der Waals surface area contributed by atoms with Gasteiger partial charge in [0.15, 0.2) is 0 Å². The minimum atomic E-state index is 0.284. The summed E-state index contributed by atoms with van der Waals surface area (Å²) in [5, 5.41) is 3.33. The van der Waals surface area contributed by atoms with E-state index in [-0.39, 0.29) is 6.04 Å². The highest BCUT2D eigenvalue weighted by atomic mass is 127. The lowest BCUT2D eigenvalue weighted by atomic mass is 10.1. The lowest BCUT2D eigenvalue weighted by Crippen LogP contribution is -2.45. The van der Waals surface area contributed by atoms with Gasteiger partial charge in [-0.2, -0.15) is 0 Å². The molecule has 2 heterocycles. The first-order valence-electron chi connectivity index (χ1n) is 6.69. The summed E-state index contributed by atoms with van der Waals surface area (Å²) in [7, 11) is 4.31. The lowest BCUT2D eigenvalue weighted by Gasteiger charge is -2.36. The first kappa shape index (κ1) is 14.9. The summed E-state index contributed by atoms with van der Waals surface area (Å²) >= 11 is 2.31. The molecule has 0 saturated carbocycles. The second kappa shape index (κ2) is 6.32. The van der Waals surface area contributed by atoms with Gasteiger partial charge in [-0.15, -0.1) is 0 Å². The molecule has 0 spiro atoms. The molecular weight excluding hydrogens is 353 g/mol. The summed E-state index contributed by atoms with van der Waals surface area (Å²) < 4.78 is 1.12. The van der Waals surface area contributed by atoms with Crippen molar-refractivity contribution in [1.82, 2.24) is 19.8 Å². The van der Waals surface area contributed by atoms with Gasteiger partial charge in [0.2, 0.25) is 0 Å². The Bertz CT molecular complexity index is 451. The van der Waals surface area contributed by atoms with E-state index in [0.29, 0.717) is 0 Å². The number of rotatable bonds is 3. The number of halogens is 1. The van der Waals surface area contributed by atoms with Crippen molar-refractivity contribution in [3.05, 3.63) is 15.1 Å². The molecule has 0 amide bonds. The van der Waals surface area contributed by atoms with Crippen LogP contribution in [0, 0.1) is 10.5 Å². The Morgan fingerprint density at radius 3 is 2.74 bits per heavy atom. The second-order valence-electron chi connectivity index (χ2n) is 5.12. The minimum Gasteiger partial charge on any atom is -0.369 e. The average Bonchev–Trinajstić information content (AvgIpc) is 2.38. The molecule has 1 aromatic heterocycles. The Balaban J connectivity index is 2.33. The molecule has 0 radical (unpaired) electrons. The van der Waals surface area contributed by atoms with Gasteiger partial charge in [0.05, 0.1) is 15.3 Å². The third-order valence-corrected chi connectivity index (χ3v) is 4.82. The summed E-state index contributed by atoms with van der Waals surface area (Å²) in [6, 6.07) is 0.284. The maximum Gasteiger partial charge on any atom is 0.149 e. The summed E-state index contributed by atoms with van der Waals surface area (Å²) in [4.78, 5) is 14.1. The molecule has 6 heteroatoms. The van der Waals surface area contributed by atoms with Crippen LogP contribution in [0.25, 0.3) is 0 Å². The number of anilines is 1. The van der Waals surface area contributed by atoms with Crippen LogP contribution >= 0.6 is 22.6 Å². The second-order valence-corrected chi connectivity index (χ2v) is 6.20. The Morgan fingerprint density at radius 2 is 2.05 bits per heavy atom. The number of aryl methyl sites for hydroxylation is 1. The third-order valence-electron chi connectivity index (χ3n) is 3.53. The molecule has 1 aliphatic rings. The zero-order valence-electron chi connectivity index (χ0n) is 12.1. The van der Waals surface area contributed by atoms with Gasteiger partial charge in [-0.1, -0.05) is 0 Å². The van der Waals surface area contributed by atoms with Crippen LogP contribution in [0.15, 0.2) is 0 Å². The number of aromatic nitrogens is 2. The van der Waals surface area contributed by atoms with Gasteiger partial charge >= 0.3 is 0 Å². The number of nitrogens with one attached hydrogen (secondary N) is 1. The highest BCUT2D eigenvalue weighted by Gasteiger charge is 2.27. The van der Waals surface area contributed by atoms with Crippen molar-refractivity contribution in [2.24, 2.45) is 0 Å². The van der Waals surface area contributed by atoms with Gasteiger partial charge in [-0.25, -0.2) is 9.97 Å². The van der Waals surface area contributed by atoms with E-state index < -0.39 is 0 Å². The van der Waals surface area contributed by atoms with Crippen LogP contribution in [0.5, 0.6) is 0 Å². The standard InChI is InChI=1S/C13H22IN5/c1-5-15-13-11(14)9(2)16-12(17-13)10-8-18(3)6-7-19(10)4/h10H,5-8H2,1-4H3,(H,15,16,17). The Morgan fingerprint density at radius 1 is 1.32 bits per heavy atom. The van der Waals surface area contributed by atoms with Gasteiger partial charge in [-0.05, 0) is 50.5 Å². The fourth-order valence-corrected chi connectivity index (χ4v) is 2.74. The molecule has 1 N–H and O–H groups in total. The lowest BCUT2D eigenvalue weighted by molar-refractivity contribution is 0.109. The highest BCUT2D eigenvalue weighted by Crippen LogP contribution is 2.25. The number of hydrogen-bond donors (Lipinski definition) is 1. The molecular formula is C13H22IN5. The quantitative estimate of drug-likeness (QED) is 0.816. The third kappa shape index (κ3) is 3.35. The van der Waals surface area contributed by atoms with Crippen molar-refractivity contribution in [3.8, 4) is 0 Å². The molecule has 0 aliphatic carbocycles. The molecule has 0 aromatic carbocycles. The van der Waals surface area contributed by atoms with Crippen molar-refractivity contribution in [2.45, 2.75) is 19.9 Å². The van der Waals surface area contributed by atoms with E-state index >= 15 is 0 Å². The van der Waals surface area contributed by atoms with Gasteiger partial charge in [0, 0.05) is 26.2 Å². The normalized spacial score (nSPS) is 21.6. The number of likely N-dealkylation sites (N-methyl/N-ethyl adjacent to an activating group) is 2. The van der Waals surface area contributed by atoms with Crippen LogP contribution < -0.4 is 5.32 Å². The summed E-state index contributed by atoms with van der Waals surface area (Å²) in [6.45, 7) is 8.19. The van der Waals surface area contributed by atoms with Crippen LogP contribution in [0.4, 0.5) is 5.82 Å². The first-order valence-corrected chi connectivity index (χ1v) is 7.77. The molecule has 5 nitrogen and oxygen atoms in total. The topological polar surface area (TPSA) is 44.3 Å². The van der Waals surface area contributed by atoms with Gasteiger partial charge in [0.1, 0.15) is 11.6 Å². The Kier molecular flexibility index (Phi) is 4.97. The van der Waals surface area contributed by atoms with Gasteiger partial charge in [-0.3, -0.25) is 4.90 Å². The zero-order chi connectivity index (χ0) is 14.0. The first-order chi connectivity index (χ1) is 9.02. The number of nitrogens with zero attached hydrogens (tertiary/aromatic N) is 4. The molecule has 19 heavy (non-hydrogen) atoms. The van der Waals surface area contributed by atoms with E-state index in [2.05, 4.69) is 65.7 Å². The summed E-state index contributed by atoms with van der Waals surface area (Å²) in [5.41, 5.74) is 1.06. The van der Waals surface area contributed by atoms with Gasteiger partial charge < -0.3 is 10.2 Å². The van der Waals surface area contributed by atoms with Crippen molar-refractivity contribution in [1.29, 1.82) is 0 Å². The van der Waals surface area contributed by atoms with E-state index in [4.69, 9.17) is 9.97 Å². The van der Waals surface area contributed by atoms with E-state index in [1.807, 2.05) is 0 Å². The zero-order valence-corrected chi connectivity index (χ0v) is 14.2. The number of hydrogen-bond acceptors (Lipinski definition) is 5. The maximum atomic E-state index is 4.73. The smallest absolute Gasteiger partial charge is 0.149 e. The van der Waals surface area contributed by atoms with Crippen molar-refractivity contribution >= 4 is 28.4 Å². The van der Waals surface area contributed by atoms with Crippen molar-refractivity contribution in [2.75, 3.05) is 45.6 Å². The molecule has 0 bridgehead atoms. The maximum absolute atomic E-state index is 4.73. The van der Waals surface area contributed by atoms with Crippen LogP contribution in [-0.4, -0.2) is 60.0 Å². The Hall–Kier alpha value is -0.470. The molecule has 1 saturated heterocycles. The van der Waals surface area contributed by atoms with Crippen LogP contribution in [0.2, 0.25) is 0 Å². The average molecular weight is 375 g/mol. The van der Waals surface area contributed by atoms with E-state index in [1.54, 1.807) is 0 Å². The van der Waals surface area contributed by atoms with Crippen molar-refractivity contribution < 1.29 is 0 Å². The van der Waals surface area contributed by atoms with Crippen LogP contribution in [0.3, 0.4) is 0 Å². The molecule has 1 aliphatic heterocycles. The van der Waals surface area contributed by atoms with Crippen LogP contribution in [-0.2, 0) is 0 Å². The Labute approximate surface area is 128 Å². The SMILES string of the molecule is CCNc1nc(C2CN(C)CCN2C)nc(C)c1I. The van der Waals surface area contributed by atoms with E-state index in [9.17, 15) is 0 Å². The monoisotopic (exact) mass is 375 g/mol. The summed E-state index contributed by atoms with van der Waals surface area (Å²) in [6.07, 6.45) is 0. The van der Waals surface area contributed by atoms with E-state index in [0.717, 1.165) is 47.1 Å². The molecule has 2 rings (SSSR count).